The van der Waals surface area contributed by atoms with Gasteiger partial charge in [0.2, 0.25) is 0 Å². The predicted octanol–water partition coefficient (Wildman–Crippen LogP) is 11.8. The Bertz CT molecular complexity index is 2540. The predicted molar refractivity (Wildman–Crippen MR) is 260 cm³/mol. The van der Waals surface area contributed by atoms with Gasteiger partial charge >= 0.3 is 11.6 Å². The molecule has 1 aliphatic heterocycles. The van der Waals surface area contributed by atoms with Gasteiger partial charge in [-0.05, 0) is 110 Å². The zero-order chi connectivity index (χ0) is 43.3. The van der Waals surface area contributed by atoms with Crippen LogP contribution in [0, 0.1) is 0 Å². The molecular formula is C55H56N2O5P+. The standard InChI is InChI=1S/C55H56N2O5P/c1-60-46-35-36-53-44(39-46)40-50(55(59)62-53)51-41-52(42-23-13-9-14-24-42)57(56-51)45-33-31-43(32-34-45)54(58)61-37-21-7-5-3-2-4-6-8-22-38-63(47-25-15-10-16-26-47,48-27-17-11-18-28-48)49-29-19-12-20-30-49/h9-20,23-36,39-40,52H,2-8,21-22,37-38,41H2,1H3/q+1. The van der Waals surface area contributed by atoms with E-state index in [4.69, 9.17) is 19.0 Å². The zero-order valence-corrected chi connectivity index (χ0v) is 37.0. The van der Waals surface area contributed by atoms with Crippen LogP contribution >= 0.6 is 7.26 Å². The lowest BCUT2D eigenvalue weighted by Gasteiger charge is -2.27. The summed E-state index contributed by atoms with van der Waals surface area (Å²) in [6.45, 7) is 0.408. The molecule has 8 rings (SSSR count). The fraction of sp³-hybridized carbons (Fsp3) is 0.255. The summed E-state index contributed by atoms with van der Waals surface area (Å²) in [5.74, 6) is 0.353. The first-order valence-corrected chi connectivity index (χ1v) is 24.4. The van der Waals surface area contributed by atoms with Crippen LogP contribution in [-0.2, 0) is 4.74 Å². The van der Waals surface area contributed by atoms with Crippen molar-refractivity contribution in [3.8, 4) is 5.75 Å². The lowest BCUT2D eigenvalue weighted by molar-refractivity contribution is 0.0497. The number of hydrazone groups is 1. The molecule has 1 aliphatic rings. The smallest absolute Gasteiger partial charge is 0.345 e. The molecule has 8 heteroatoms. The number of benzene rings is 6. The van der Waals surface area contributed by atoms with Gasteiger partial charge in [-0.25, -0.2) is 9.59 Å². The van der Waals surface area contributed by atoms with E-state index in [0.29, 0.717) is 41.2 Å². The van der Waals surface area contributed by atoms with E-state index in [1.54, 1.807) is 31.4 Å². The first-order chi connectivity index (χ1) is 31.0. The number of carbonyl (C=O) groups is 1. The number of unbranched alkanes of at least 4 members (excludes halogenated alkanes) is 8. The maximum absolute atomic E-state index is 13.2. The molecule has 1 unspecified atom stereocenters. The van der Waals surface area contributed by atoms with Crippen LogP contribution in [0.15, 0.2) is 184 Å². The number of methoxy groups -OCH3 is 1. The molecule has 1 aromatic heterocycles. The molecule has 0 amide bonds. The van der Waals surface area contributed by atoms with Crippen LogP contribution in [0.4, 0.5) is 5.69 Å². The summed E-state index contributed by atoms with van der Waals surface area (Å²) in [7, 11) is -0.147. The van der Waals surface area contributed by atoms with E-state index in [9.17, 15) is 9.59 Å². The Kier molecular flexibility index (Phi) is 14.6. The molecule has 0 saturated carbocycles. The largest absolute Gasteiger partial charge is 0.497 e. The molecule has 320 valence electrons. The van der Waals surface area contributed by atoms with Crippen molar-refractivity contribution in [2.45, 2.75) is 70.3 Å². The Morgan fingerprint density at radius 1 is 0.651 bits per heavy atom. The van der Waals surface area contributed by atoms with Crippen LogP contribution in [0.1, 0.15) is 91.7 Å². The molecule has 0 radical (unpaired) electrons. The van der Waals surface area contributed by atoms with Crippen LogP contribution in [0.3, 0.4) is 0 Å². The lowest BCUT2D eigenvalue weighted by Crippen LogP contribution is -2.33. The van der Waals surface area contributed by atoms with Gasteiger partial charge in [-0.15, -0.1) is 0 Å². The summed E-state index contributed by atoms with van der Waals surface area (Å²) in [4.78, 5) is 26.2. The number of esters is 1. The Labute approximate surface area is 371 Å². The first kappa shape index (κ1) is 43.4. The molecule has 0 bridgehead atoms. The number of hydrogen-bond acceptors (Lipinski definition) is 7. The van der Waals surface area contributed by atoms with Crippen LogP contribution in [0.5, 0.6) is 5.75 Å². The Balaban J connectivity index is 0.785. The molecule has 0 fully saturated rings. The van der Waals surface area contributed by atoms with Crippen molar-refractivity contribution in [2.24, 2.45) is 5.10 Å². The van der Waals surface area contributed by atoms with Crippen LogP contribution < -0.4 is 31.3 Å². The minimum atomic E-state index is -1.76. The molecule has 7 nitrogen and oxygen atoms in total. The van der Waals surface area contributed by atoms with Crippen molar-refractivity contribution in [2.75, 3.05) is 24.9 Å². The summed E-state index contributed by atoms with van der Waals surface area (Å²) in [5, 5.41) is 12.0. The summed E-state index contributed by atoms with van der Waals surface area (Å²) in [6, 6.07) is 58.0. The van der Waals surface area contributed by atoms with Crippen LogP contribution in [0.25, 0.3) is 11.0 Å². The average molecular weight is 856 g/mol. The average Bonchev–Trinajstić information content (AvgIpc) is 3.79. The second-order valence-electron chi connectivity index (χ2n) is 16.3. The highest BCUT2D eigenvalue weighted by Crippen LogP contribution is 2.56. The number of hydrogen-bond donors (Lipinski definition) is 0. The summed E-state index contributed by atoms with van der Waals surface area (Å²) < 4.78 is 16.8. The Hall–Kier alpha value is -6.30. The van der Waals surface area contributed by atoms with Gasteiger partial charge in [-0.2, -0.15) is 5.10 Å². The topological polar surface area (TPSA) is 81.3 Å². The van der Waals surface area contributed by atoms with Crippen molar-refractivity contribution >= 4 is 51.5 Å². The van der Waals surface area contributed by atoms with Gasteiger partial charge in [0.25, 0.3) is 0 Å². The molecule has 6 aromatic carbocycles. The number of ether oxygens (including phenoxy) is 2. The second-order valence-corrected chi connectivity index (χ2v) is 19.9. The maximum atomic E-state index is 13.2. The van der Waals surface area contributed by atoms with E-state index < -0.39 is 12.9 Å². The van der Waals surface area contributed by atoms with E-state index in [2.05, 4.69) is 103 Å². The van der Waals surface area contributed by atoms with Gasteiger partial charge in [0.1, 0.15) is 34.5 Å². The van der Waals surface area contributed by atoms with E-state index >= 15 is 0 Å². The minimum absolute atomic E-state index is 0.148. The number of rotatable bonds is 20. The summed E-state index contributed by atoms with van der Waals surface area (Å²) in [5.41, 5.74) is 3.48. The summed E-state index contributed by atoms with van der Waals surface area (Å²) >= 11 is 0. The van der Waals surface area contributed by atoms with Gasteiger partial charge in [0.15, 0.2) is 0 Å². The first-order valence-electron chi connectivity index (χ1n) is 22.4. The second kappa shape index (κ2) is 21.2. The lowest BCUT2D eigenvalue weighted by atomic mass is 9.98. The molecule has 0 aliphatic carbocycles. The van der Waals surface area contributed by atoms with E-state index in [-0.39, 0.29) is 12.0 Å². The molecule has 0 spiro atoms. The van der Waals surface area contributed by atoms with Crippen LogP contribution in [-0.4, -0.2) is 31.6 Å². The van der Waals surface area contributed by atoms with E-state index in [0.717, 1.165) is 35.9 Å². The molecule has 63 heavy (non-hydrogen) atoms. The normalized spacial score (nSPS) is 13.8. The fourth-order valence-corrected chi connectivity index (χ4v) is 13.3. The van der Waals surface area contributed by atoms with Gasteiger partial charge in [-0.1, -0.05) is 123 Å². The van der Waals surface area contributed by atoms with Gasteiger partial charge < -0.3 is 13.9 Å². The molecule has 2 heterocycles. The number of anilines is 1. The van der Waals surface area contributed by atoms with Crippen molar-refractivity contribution in [1.29, 1.82) is 0 Å². The third-order valence-electron chi connectivity index (χ3n) is 12.2. The van der Waals surface area contributed by atoms with Crippen molar-refractivity contribution < 1.29 is 18.7 Å². The number of carbonyl (C=O) groups excluding carboxylic acids is 1. The molecule has 0 saturated heterocycles. The number of nitrogens with zero attached hydrogens (tertiary/aromatic N) is 2. The molecular weight excluding hydrogens is 800 g/mol. The summed E-state index contributed by atoms with van der Waals surface area (Å²) in [6.07, 6.45) is 12.1. The van der Waals surface area contributed by atoms with Crippen molar-refractivity contribution in [1.82, 2.24) is 0 Å². The van der Waals surface area contributed by atoms with Crippen molar-refractivity contribution in [3.63, 3.8) is 0 Å². The van der Waals surface area contributed by atoms with Crippen molar-refractivity contribution in [3.05, 3.63) is 197 Å². The van der Waals surface area contributed by atoms with Crippen LogP contribution in [0.2, 0.25) is 0 Å². The molecule has 0 N–H and O–H groups in total. The van der Waals surface area contributed by atoms with Gasteiger partial charge in [0, 0.05) is 11.8 Å². The number of fused-ring (bicyclic) bond motifs is 1. The van der Waals surface area contributed by atoms with Gasteiger partial charge in [-0.3, -0.25) is 5.01 Å². The molecule has 1 atom stereocenters. The van der Waals surface area contributed by atoms with Gasteiger partial charge in [0.05, 0.1) is 48.4 Å². The highest BCUT2D eigenvalue weighted by molar-refractivity contribution is 7.95. The zero-order valence-electron chi connectivity index (χ0n) is 36.1. The monoisotopic (exact) mass is 855 g/mol. The minimum Gasteiger partial charge on any atom is -0.497 e. The highest BCUT2D eigenvalue weighted by Gasteiger charge is 2.44. The SMILES string of the molecule is COc1ccc2oc(=O)c(C3=NN(c4ccc(C(=O)OCCCCCCCCCCC[P+](c5ccccc5)(c5ccccc5)c5ccccc5)cc4)C(c4ccccc4)C3)cc2c1. The van der Waals surface area contributed by atoms with E-state index in [1.807, 2.05) is 47.5 Å². The molecule has 7 aromatic rings. The fourth-order valence-electron chi connectivity index (χ4n) is 8.84. The maximum Gasteiger partial charge on any atom is 0.345 e. The third-order valence-corrected chi connectivity index (χ3v) is 16.7. The highest BCUT2D eigenvalue weighted by atomic mass is 31.2. The van der Waals surface area contributed by atoms with E-state index in [1.165, 1.54) is 60.6 Å². The quantitative estimate of drug-likeness (QED) is 0.0329. The third kappa shape index (κ3) is 10.3. The Morgan fingerprint density at radius 3 is 1.76 bits per heavy atom. The Morgan fingerprint density at radius 2 is 1.19 bits per heavy atom.